The van der Waals surface area contributed by atoms with Crippen LogP contribution in [-0.4, -0.2) is 60.9 Å². The van der Waals surface area contributed by atoms with Crippen molar-refractivity contribution in [3.05, 3.63) is 53.8 Å². The average Bonchev–Trinajstić information content (AvgIpc) is 3.21. The molecule has 4 rings (SSSR count). The molecule has 1 fully saturated rings. The van der Waals surface area contributed by atoms with Gasteiger partial charge in [-0.25, -0.2) is 9.37 Å². The van der Waals surface area contributed by atoms with Crippen molar-refractivity contribution in [1.82, 2.24) is 9.88 Å². The maximum atomic E-state index is 13.2. The molecule has 0 spiro atoms. The standard InChI is InChI=1S/C24H28FN3O2S2.ClH/c1-18-3-8-21-22(17-18)32-24(26-21)28(11-2-10-27-12-14-30-15-13-27)23(29)9-16-31-20-6-4-19(25)5-7-20;/h3-8,17H,2,9-16H2,1H3;1H. The lowest BCUT2D eigenvalue weighted by Gasteiger charge is -2.27. The molecule has 1 amide bonds. The summed E-state index contributed by atoms with van der Waals surface area (Å²) in [4.78, 5) is 23.2. The molecule has 0 N–H and O–H groups in total. The number of anilines is 1. The highest BCUT2D eigenvalue weighted by atomic mass is 35.5. The Hall–Kier alpha value is -1.71. The van der Waals surface area contributed by atoms with Crippen LogP contribution >= 0.6 is 35.5 Å². The number of rotatable bonds is 9. The molecular formula is C24H29ClFN3O2S2. The lowest BCUT2D eigenvalue weighted by Crippen LogP contribution is -2.39. The van der Waals surface area contributed by atoms with Gasteiger partial charge in [0.1, 0.15) is 5.82 Å². The Morgan fingerprint density at radius 3 is 2.73 bits per heavy atom. The number of thioether (sulfide) groups is 1. The maximum absolute atomic E-state index is 13.2. The third kappa shape index (κ3) is 7.39. The second-order valence-electron chi connectivity index (χ2n) is 7.87. The van der Waals surface area contributed by atoms with Gasteiger partial charge in [0.2, 0.25) is 5.91 Å². The van der Waals surface area contributed by atoms with Crippen molar-refractivity contribution in [2.45, 2.75) is 24.7 Å². The number of amides is 1. The summed E-state index contributed by atoms with van der Waals surface area (Å²) in [6.45, 7) is 7.11. The zero-order valence-electron chi connectivity index (χ0n) is 18.7. The van der Waals surface area contributed by atoms with Crippen LogP contribution in [0.15, 0.2) is 47.4 Å². The molecule has 2 heterocycles. The Balaban J connectivity index is 0.00000306. The third-order valence-corrected chi connectivity index (χ3v) is 7.48. The predicted octanol–water partition coefficient (Wildman–Crippen LogP) is 5.40. The van der Waals surface area contributed by atoms with Crippen LogP contribution in [0.3, 0.4) is 0 Å². The van der Waals surface area contributed by atoms with Gasteiger partial charge in [0.15, 0.2) is 5.13 Å². The maximum Gasteiger partial charge on any atom is 0.229 e. The van der Waals surface area contributed by atoms with Crippen LogP contribution in [-0.2, 0) is 9.53 Å². The summed E-state index contributed by atoms with van der Waals surface area (Å²) < 4.78 is 19.6. The molecule has 2 aromatic carbocycles. The Bertz CT molecular complexity index is 1040. The highest BCUT2D eigenvalue weighted by Gasteiger charge is 2.20. The van der Waals surface area contributed by atoms with Crippen LogP contribution in [0.2, 0.25) is 0 Å². The smallest absolute Gasteiger partial charge is 0.229 e. The summed E-state index contributed by atoms with van der Waals surface area (Å²) >= 11 is 3.15. The van der Waals surface area contributed by atoms with E-state index in [1.807, 2.05) is 11.0 Å². The number of morpholine rings is 1. The monoisotopic (exact) mass is 509 g/mol. The molecule has 1 saturated heterocycles. The van der Waals surface area contributed by atoms with E-state index in [2.05, 4.69) is 24.0 Å². The Morgan fingerprint density at radius 1 is 1.21 bits per heavy atom. The van der Waals surface area contributed by atoms with Gasteiger partial charge in [0, 0.05) is 43.2 Å². The Kier molecular flexibility index (Phi) is 9.94. The number of aryl methyl sites for hydroxylation is 1. The SMILES string of the molecule is Cc1ccc2nc(N(CCCN3CCOCC3)C(=O)CCSc3ccc(F)cc3)sc2c1.Cl. The number of thiazole rings is 1. The van der Waals surface area contributed by atoms with Crippen LogP contribution < -0.4 is 4.90 Å². The van der Waals surface area contributed by atoms with E-state index in [9.17, 15) is 9.18 Å². The minimum atomic E-state index is -0.247. The van der Waals surface area contributed by atoms with Crippen molar-refractivity contribution in [3.8, 4) is 0 Å². The minimum absolute atomic E-state index is 0. The molecule has 1 aliphatic rings. The summed E-state index contributed by atoms with van der Waals surface area (Å²) in [6, 6.07) is 12.6. The van der Waals surface area contributed by atoms with E-state index in [1.165, 1.54) is 17.7 Å². The number of hydrogen-bond acceptors (Lipinski definition) is 6. The molecule has 0 saturated carbocycles. The van der Waals surface area contributed by atoms with Crippen molar-refractivity contribution in [2.75, 3.05) is 50.0 Å². The number of fused-ring (bicyclic) bond motifs is 1. The number of benzene rings is 2. The quantitative estimate of drug-likeness (QED) is 0.361. The molecule has 1 aromatic heterocycles. The van der Waals surface area contributed by atoms with Gasteiger partial charge in [0.05, 0.1) is 23.4 Å². The van der Waals surface area contributed by atoms with Gasteiger partial charge in [-0.2, -0.15) is 0 Å². The number of ether oxygens (including phenoxy) is 1. The molecule has 0 radical (unpaired) electrons. The van der Waals surface area contributed by atoms with Gasteiger partial charge in [-0.15, -0.1) is 24.2 Å². The molecule has 0 aliphatic carbocycles. The van der Waals surface area contributed by atoms with Gasteiger partial charge < -0.3 is 4.74 Å². The molecular weight excluding hydrogens is 481 g/mol. The lowest BCUT2D eigenvalue weighted by molar-refractivity contribution is -0.118. The largest absolute Gasteiger partial charge is 0.379 e. The second kappa shape index (κ2) is 12.7. The van der Waals surface area contributed by atoms with Crippen LogP contribution in [0.5, 0.6) is 0 Å². The lowest BCUT2D eigenvalue weighted by atomic mass is 10.2. The third-order valence-electron chi connectivity index (χ3n) is 5.42. The van der Waals surface area contributed by atoms with Crippen molar-refractivity contribution >= 4 is 56.8 Å². The fraction of sp³-hybridized carbons (Fsp3) is 0.417. The number of nitrogens with zero attached hydrogens (tertiary/aromatic N) is 3. The first-order valence-electron chi connectivity index (χ1n) is 10.9. The van der Waals surface area contributed by atoms with E-state index in [-0.39, 0.29) is 24.1 Å². The van der Waals surface area contributed by atoms with Crippen molar-refractivity contribution in [3.63, 3.8) is 0 Å². The first kappa shape index (κ1) is 25.9. The fourth-order valence-electron chi connectivity index (χ4n) is 3.66. The normalized spacial score (nSPS) is 14.2. The first-order chi connectivity index (χ1) is 15.6. The van der Waals surface area contributed by atoms with Gasteiger partial charge in [-0.05, 0) is 55.3 Å². The zero-order chi connectivity index (χ0) is 22.3. The van der Waals surface area contributed by atoms with Gasteiger partial charge in [-0.1, -0.05) is 17.4 Å². The van der Waals surface area contributed by atoms with Crippen LogP contribution in [0.25, 0.3) is 10.2 Å². The number of hydrogen-bond donors (Lipinski definition) is 0. The summed E-state index contributed by atoms with van der Waals surface area (Å²) in [5.74, 6) is 0.481. The van der Waals surface area contributed by atoms with Crippen LogP contribution in [0.1, 0.15) is 18.4 Å². The molecule has 33 heavy (non-hydrogen) atoms. The summed E-state index contributed by atoms with van der Waals surface area (Å²) in [5.41, 5.74) is 2.12. The van der Waals surface area contributed by atoms with Gasteiger partial charge in [0.25, 0.3) is 0 Å². The van der Waals surface area contributed by atoms with E-state index in [0.717, 1.165) is 59.5 Å². The number of carbonyl (C=O) groups is 1. The molecule has 0 bridgehead atoms. The average molecular weight is 510 g/mol. The second-order valence-corrected chi connectivity index (χ2v) is 10.1. The first-order valence-corrected chi connectivity index (χ1v) is 12.7. The van der Waals surface area contributed by atoms with E-state index >= 15 is 0 Å². The topological polar surface area (TPSA) is 45.7 Å². The fourth-order valence-corrected chi connectivity index (χ4v) is 5.61. The van der Waals surface area contributed by atoms with Gasteiger partial charge in [-0.3, -0.25) is 14.6 Å². The Labute approximate surface area is 208 Å². The molecule has 1 aliphatic heterocycles. The Morgan fingerprint density at radius 2 is 1.97 bits per heavy atom. The van der Waals surface area contributed by atoms with E-state index < -0.39 is 0 Å². The van der Waals surface area contributed by atoms with E-state index in [0.29, 0.717) is 18.7 Å². The highest BCUT2D eigenvalue weighted by Crippen LogP contribution is 2.30. The summed E-state index contributed by atoms with van der Waals surface area (Å²) in [6.07, 6.45) is 1.31. The number of halogens is 2. The zero-order valence-corrected chi connectivity index (χ0v) is 21.1. The van der Waals surface area contributed by atoms with E-state index in [4.69, 9.17) is 9.72 Å². The van der Waals surface area contributed by atoms with Crippen molar-refractivity contribution in [1.29, 1.82) is 0 Å². The summed E-state index contributed by atoms with van der Waals surface area (Å²) in [5, 5.41) is 0.768. The number of aromatic nitrogens is 1. The summed E-state index contributed by atoms with van der Waals surface area (Å²) in [7, 11) is 0. The van der Waals surface area contributed by atoms with Crippen molar-refractivity contribution in [2.24, 2.45) is 0 Å². The minimum Gasteiger partial charge on any atom is -0.379 e. The van der Waals surface area contributed by atoms with Gasteiger partial charge >= 0.3 is 0 Å². The molecule has 3 aromatic rings. The highest BCUT2D eigenvalue weighted by molar-refractivity contribution is 7.99. The van der Waals surface area contributed by atoms with Crippen molar-refractivity contribution < 1.29 is 13.9 Å². The molecule has 0 atom stereocenters. The molecule has 9 heteroatoms. The van der Waals surface area contributed by atoms with E-state index in [1.54, 1.807) is 35.2 Å². The molecule has 5 nitrogen and oxygen atoms in total. The van der Waals surface area contributed by atoms with Crippen LogP contribution in [0, 0.1) is 12.7 Å². The predicted molar refractivity (Wildman–Crippen MR) is 138 cm³/mol. The van der Waals surface area contributed by atoms with Crippen LogP contribution in [0.4, 0.5) is 9.52 Å². The molecule has 178 valence electrons. The number of carbonyl (C=O) groups excluding carboxylic acids is 1. The molecule has 0 unspecified atom stereocenters.